The average molecular weight is 329 g/mol. The third kappa shape index (κ3) is 3.09. The number of carbonyl (C=O) groups excluding carboxylic acids is 1. The molecule has 0 aliphatic heterocycles. The predicted molar refractivity (Wildman–Crippen MR) is 73.5 cm³/mol. The molecule has 0 bridgehead atoms. The summed E-state index contributed by atoms with van der Waals surface area (Å²) in [5, 5.41) is 2.62. The summed E-state index contributed by atoms with van der Waals surface area (Å²) in [6, 6.07) is 11.0. The molecule has 18 heavy (non-hydrogen) atoms. The van der Waals surface area contributed by atoms with E-state index in [2.05, 4.69) is 21.2 Å². The molecule has 0 aromatic heterocycles. The minimum Gasteiger partial charge on any atom is -0.322 e. The molecule has 1 amide bonds. The van der Waals surface area contributed by atoms with Gasteiger partial charge in [0.15, 0.2) is 0 Å². The molecule has 5 heteroatoms. The van der Waals surface area contributed by atoms with Crippen molar-refractivity contribution in [1.82, 2.24) is 0 Å². The quantitative estimate of drug-likeness (QED) is 0.864. The van der Waals surface area contributed by atoms with Gasteiger partial charge in [0, 0.05) is 15.7 Å². The monoisotopic (exact) mass is 327 g/mol. The number of anilines is 1. The number of rotatable bonds is 2. The zero-order chi connectivity index (χ0) is 13.1. The van der Waals surface area contributed by atoms with Crippen molar-refractivity contribution in [3.05, 3.63) is 63.3 Å². The van der Waals surface area contributed by atoms with Gasteiger partial charge in [0.25, 0.3) is 5.91 Å². The second-order valence-electron chi connectivity index (χ2n) is 3.59. The fraction of sp³-hybridized carbons (Fsp3) is 0. The second-order valence-corrected chi connectivity index (χ2v) is 4.91. The maximum absolute atomic E-state index is 13.2. The molecule has 0 unspecified atom stereocenters. The first-order chi connectivity index (χ1) is 8.56. The van der Waals surface area contributed by atoms with Gasteiger partial charge in [-0.25, -0.2) is 4.39 Å². The van der Waals surface area contributed by atoms with E-state index in [4.69, 9.17) is 11.6 Å². The lowest BCUT2D eigenvalue weighted by molar-refractivity contribution is 0.102. The first-order valence-electron chi connectivity index (χ1n) is 5.08. The third-order valence-corrected chi connectivity index (χ3v) is 3.12. The molecular weight excluding hydrogens is 321 g/mol. The van der Waals surface area contributed by atoms with Crippen LogP contribution in [0.2, 0.25) is 5.02 Å². The van der Waals surface area contributed by atoms with Crippen LogP contribution in [-0.4, -0.2) is 5.91 Å². The molecule has 1 N–H and O–H groups in total. The third-order valence-electron chi connectivity index (χ3n) is 2.28. The molecule has 0 heterocycles. The summed E-state index contributed by atoms with van der Waals surface area (Å²) in [7, 11) is 0. The Morgan fingerprint density at radius 1 is 1.17 bits per heavy atom. The van der Waals surface area contributed by atoms with Crippen molar-refractivity contribution >= 4 is 39.1 Å². The number of hydrogen-bond donors (Lipinski definition) is 1. The number of halogens is 3. The van der Waals surface area contributed by atoms with Gasteiger partial charge in [-0.15, -0.1) is 0 Å². The molecule has 2 aromatic carbocycles. The van der Waals surface area contributed by atoms with Gasteiger partial charge >= 0.3 is 0 Å². The summed E-state index contributed by atoms with van der Waals surface area (Å²) in [6.07, 6.45) is 0. The summed E-state index contributed by atoms with van der Waals surface area (Å²) >= 11 is 8.84. The van der Waals surface area contributed by atoms with Crippen LogP contribution >= 0.6 is 27.5 Å². The van der Waals surface area contributed by atoms with Crippen LogP contribution in [0.25, 0.3) is 0 Å². The standard InChI is InChI=1S/C13H8BrClFNO/c14-9-3-1-8(2-4-9)13(18)17-10-5-6-11(15)12(16)7-10/h1-7H,(H,17,18). The van der Waals surface area contributed by atoms with Crippen LogP contribution in [0, 0.1) is 5.82 Å². The van der Waals surface area contributed by atoms with Gasteiger partial charge in [-0.05, 0) is 42.5 Å². The average Bonchev–Trinajstić information content (AvgIpc) is 2.34. The number of amides is 1. The highest BCUT2D eigenvalue weighted by atomic mass is 79.9. The first-order valence-corrected chi connectivity index (χ1v) is 6.25. The maximum Gasteiger partial charge on any atom is 0.255 e. The van der Waals surface area contributed by atoms with Crippen molar-refractivity contribution in [3.63, 3.8) is 0 Å². The molecular formula is C13H8BrClFNO. The molecule has 0 aliphatic rings. The van der Waals surface area contributed by atoms with Crippen LogP contribution in [0.4, 0.5) is 10.1 Å². The minimum absolute atomic E-state index is 0.0247. The molecule has 0 aliphatic carbocycles. The predicted octanol–water partition coefficient (Wildman–Crippen LogP) is 4.49. The maximum atomic E-state index is 13.2. The largest absolute Gasteiger partial charge is 0.322 e. The normalized spacial score (nSPS) is 10.2. The van der Waals surface area contributed by atoms with E-state index in [0.717, 1.165) is 4.47 Å². The Bertz CT molecular complexity index is 586. The topological polar surface area (TPSA) is 29.1 Å². The van der Waals surface area contributed by atoms with Crippen LogP contribution in [0.3, 0.4) is 0 Å². The van der Waals surface area contributed by atoms with E-state index in [1.807, 2.05) is 0 Å². The van der Waals surface area contributed by atoms with Crippen molar-refractivity contribution in [3.8, 4) is 0 Å². The number of carbonyl (C=O) groups is 1. The van der Waals surface area contributed by atoms with Crippen molar-refractivity contribution in [1.29, 1.82) is 0 Å². The molecule has 0 radical (unpaired) electrons. The summed E-state index contributed by atoms with van der Waals surface area (Å²) < 4.78 is 14.1. The molecule has 2 aromatic rings. The molecule has 92 valence electrons. The van der Waals surface area contributed by atoms with E-state index >= 15 is 0 Å². The van der Waals surface area contributed by atoms with E-state index in [-0.39, 0.29) is 10.9 Å². The van der Waals surface area contributed by atoms with Crippen molar-refractivity contribution < 1.29 is 9.18 Å². The summed E-state index contributed by atoms with van der Waals surface area (Å²) in [6.45, 7) is 0. The highest BCUT2D eigenvalue weighted by Gasteiger charge is 2.07. The van der Waals surface area contributed by atoms with E-state index in [9.17, 15) is 9.18 Å². The molecule has 2 rings (SSSR count). The smallest absolute Gasteiger partial charge is 0.255 e. The van der Waals surface area contributed by atoms with E-state index in [1.54, 1.807) is 30.3 Å². The van der Waals surface area contributed by atoms with E-state index in [0.29, 0.717) is 11.3 Å². The zero-order valence-electron chi connectivity index (χ0n) is 9.08. The van der Waals surface area contributed by atoms with Gasteiger partial charge < -0.3 is 5.32 Å². The Morgan fingerprint density at radius 3 is 2.44 bits per heavy atom. The molecule has 0 saturated carbocycles. The van der Waals surface area contributed by atoms with Gasteiger partial charge in [0.2, 0.25) is 0 Å². The summed E-state index contributed by atoms with van der Waals surface area (Å²) in [5.74, 6) is -0.866. The fourth-order valence-corrected chi connectivity index (χ4v) is 1.76. The molecule has 2 nitrogen and oxygen atoms in total. The SMILES string of the molecule is O=C(Nc1ccc(Cl)c(F)c1)c1ccc(Br)cc1. The number of benzene rings is 2. The molecule has 0 atom stereocenters. The van der Waals surface area contributed by atoms with Crippen LogP contribution < -0.4 is 5.32 Å². The Labute approximate surface area is 117 Å². The van der Waals surface area contributed by atoms with Crippen LogP contribution in [0.1, 0.15) is 10.4 Å². The minimum atomic E-state index is -0.565. The lowest BCUT2D eigenvalue weighted by Gasteiger charge is -2.06. The summed E-state index contributed by atoms with van der Waals surface area (Å²) in [5.41, 5.74) is 0.860. The Kier molecular flexibility index (Phi) is 3.99. The van der Waals surface area contributed by atoms with Gasteiger partial charge in [0.05, 0.1) is 5.02 Å². The van der Waals surface area contributed by atoms with E-state index < -0.39 is 5.82 Å². The van der Waals surface area contributed by atoms with Crippen LogP contribution in [0.5, 0.6) is 0 Å². The highest BCUT2D eigenvalue weighted by Crippen LogP contribution is 2.19. The lowest BCUT2D eigenvalue weighted by atomic mass is 10.2. The zero-order valence-corrected chi connectivity index (χ0v) is 11.4. The first kappa shape index (κ1) is 13.1. The van der Waals surface area contributed by atoms with Gasteiger partial charge in [0.1, 0.15) is 5.82 Å². The van der Waals surface area contributed by atoms with Gasteiger partial charge in [-0.3, -0.25) is 4.79 Å². The van der Waals surface area contributed by atoms with E-state index in [1.165, 1.54) is 12.1 Å². The van der Waals surface area contributed by atoms with Crippen molar-refractivity contribution in [2.75, 3.05) is 5.32 Å². The van der Waals surface area contributed by atoms with Gasteiger partial charge in [-0.2, -0.15) is 0 Å². The number of hydrogen-bond acceptors (Lipinski definition) is 1. The number of nitrogens with one attached hydrogen (secondary N) is 1. The molecule has 0 saturated heterocycles. The van der Waals surface area contributed by atoms with Crippen molar-refractivity contribution in [2.45, 2.75) is 0 Å². The fourth-order valence-electron chi connectivity index (χ4n) is 1.38. The molecule has 0 fully saturated rings. The van der Waals surface area contributed by atoms with Crippen LogP contribution in [-0.2, 0) is 0 Å². The highest BCUT2D eigenvalue weighted by molar-refractivity contribution is 9.10. The van der Waals surface area contributed by atoms with Crippen LogP contribution in [0.15, 0.2) is 46.9 Å². The Hall–Kier alpha value is -1.39. The second kappa shape index (κ2) is 5.50. The van der Waals surface area contributed by atoms with Crippen molar-refractivity contribution in [2.24, 2.45) is 0 Å². The molecule has 0 spiro atoms. The summed E-state index contributed by atoms with van der Waals surface area (Å²) in [4.78, 5) is 11.8. The Morgan fingerprint density at radius 2 is 1.83 bits per heavy atom. The Balaban J connectivity index is 2.16. The van der Waals surface area contributed by atoms with Gasteiger partial charge in [-0.1, -0.05) is 27.5 Å². The lowest BCUT2D eigenvalue weighted by Crippen LogP contribution is -2.11.